The number of hydrogen-bond donors (Lipinski definition) is 0. The lowest BCUT2D eigenvalue weighted by Gasteiger charge is -2.29. The molecule has 0 aliphatic heterocycles. The molecule has 1 aromatic rings. The third-order valence-corrected chi connectivity index (χ3v) is 5.20. The molecule has 1 rings (SSSR count). The van der Waals surface area contributed by atoms with E-state index in [-0.39, 0.29) is 18.4 Å². The summed E-state index contributed by atoms with van der Waals surface area (Å²) in [5.74, 6) is -0.0242. The van der Waals surface area contributed by atoms with Crippen molar-refractivity contribution in [3.05, 3.63) is 29.3 Å². The molecule has 0 aliphatic carbocycles. The van der Waals surface area contributed by atoms with Crippen LogP contribution in [0.15, 0.2) is 18.2 Å². The molecule has 0 saturated carbocycles. The van der Waals surface area contributed by atoms with E-state index in [9.17, 15) is 13.2 Å². The number of rotatable bonds is 8. The molecule has 5 nitrogen and oxygen atoms in total. The van der Waals surface area contributed by atoms with Crippen LogP contribution in [0.1, 0.15) is 50.7 Å². The van der Waals surface area contributed by atoms with Gasteiger partial charge in [-0.25, -0.2) is 8.42 Å². The number of sulfonamides is 1. The summed E-state index contributed by atoms with van der Waals surface area (Å²) < 4.78 is 26.0. The molecular formula is C18H30N2O3S. The summed E-state index contributed by atoms with van der Waals surface area (Å²) in [6.45, 7) is 8.46. The van der Waals surface area contributed by atoms with E-state index in [4.69, 9.17) is 0 Å². The van der Waals surface area contributed by atoms with E-state index in [1.165, 1.54) is 4.31 Å². The first-order chi connectivity index (χ1) is 11.1. The zero-order valence-electron chi connectivity index (χ0n) is 15.7. The van der Waals surface area contributed by atoms with Crippen molar-refractivity contribution in [3.8, 4) is 0 Å². The van der Waals surface area contributed by atoms with E-state index in [2.05, 4.69) is 6.92 Å². The number of nitrogens with zero attached hydrogens (tertiary/aromatic N) is 2. The molecule has 0 spiro atoms. The summed E-state index contributed by atoms with van der Waals surface area (Å²) in [7, 11) is -1.84. The molecule has 0 aromatic heterocycles. The van der Waals surface area contributed by atoms with Crippen molar-refractivity contribution in [1.29, 1.82) is 0 Å². The van der Waals surface area contributed by atoms with E-state index >= 15 is 0 Å². The molecule has 0 radical (unpaired) electrons. The minimum Gasteiger partial charge on any atom is -0.344 e. The fourth-order valence-electron chi connectivity index (χ4n) is 2.61. The van der Waals surface area contributed by atoms with Gasteiger partial charge in [0.2, 0.25) is 15.9 Å². The number of benzene rings is 1. The number of carbonyl (C=O) groups is 1. The van der Waals surface area contributed by atoms with Crippen molar-refractivity contribution < 1.29 is 13.2 Å². The summed E-state index contributed by atoms with van der Waals surface area (Å²) in [5.41, 5.74) is 2.42. The predicted octanol–water partition coefficient (Wildman–Crippen LogP) is 3.14. The van der Waals surface area contributed by atoms with Crippen LogP contribution >= 0.6 is 0 Å². The van der Waals surface area contributed by atoms with E-state index in [1.807, 2.05) is 39.0 Å². The zero-order chi connectivity index (χ0) is 18.5. The molecular weight excluding hydrogens is 324 g/mol. The fourth-order valence-corrected chi connectivity index (χ4v) is 3.54. The number of anilines is 1. The molecule has 136 valence electrons. The summed E-state index contributed by atoms with van der Waals surface area (Å²) >= 11 is 0. The molecule has 0 atom stereocenters. The van der Waals surface area contributed by atoms with E-state index in [0.717, 1.165) is 30.2 Å². The Morgan fingerprint density at radius 1 is 1.25 bits per heavy atom. The Hall–Kier alpha value is -1.56. The second-order valence-electron chi connectivity index (χ2n) is 6.61. The summed E-state index contributed by atoms with van der Waals surface area (Å²) in [5, 5.41) is 0. The first-order valence-corrected chi connectivity index (χ1v) is 10.3. The molecule has 6 heteroatoms. The molecule has 1 amide bonds. The topological polar surface area (TPSA) is 57.7 Å². The molecule has 0 unspecified atom stereocenters. The Kier molecular flexibility index (Phi) is 7.27. The van der Waals surface area contributed by atoms with Gasteiger partial charge in [0.15, 0.2) is 0 Å². The van der Waals surface area contributed by atoms with Crippen molar-refractivity contribution in [2.24, 2.45) is 0 Å². The van der Waals surface area contributed by atoms with Crippen LogP contribution in [0.25, 0.3) is 0 Å². The third kappa shape index (κ3) is 5.23. The minimum atomic E-state index is -3.56. The minimum absolute atomic E-state index is 0.163. The Morgan fingerprint density at radius 3 is 2.38 bits per heavy atom. The lowest BCUT2D eigenvalue weighted by atomic mass is 9.98. The fraction of sp³-hybridized carbons (Fsp3) is 0.611. The predicted molar refractivity (Wildman–Crippen MR) is 100 cm³/mol. The Labute approximate surface area is 146 Å². The number of aryl methyl sites for hydroxylation is 1. The molecule has 1 aromatic carbocycles. The van der Waals surface area contributed by atoms with Gasteiger partial charge in [0.05, 0.1) is 11.9 Å². The molecule has 0 fully saturated rings. The maximum atomic E-state index is 12.5. The average molecular weight is 355 g/mol. The van der Waals surface area contributed by atoms with Crippen molar-refractivity contribution in [3.63, 3.8) is 0 Å². The van der Waals surface area contributed by atoms with Crippen molar-refractivity contribution in [1.82, 2.24) is 4.90 Å². The van der Waals surface area contributed by atoms with Gasteiger partial charge in [0.1, 0.15) is 6.54 Å². The molecule has 0 heterocycles. The highest BCUT2D eigenvalue weighted by Crippen LogP contribution is 2.32. The lowest BCUT2D eigenvalue weighted by molar-refractivity contribution is -0.128. The van der Waals surface area contributed by atoms with Gasteiger partial charge in [-0.3, -0.25) is 9.10 Å². The largest absolute Gasteiger partial charge is 0.344 e. The SMILES string of the molecule is CCCCN(C)C(=O)CN(c1c(C)cccc1C(C)C)S(C)(=O)=O. The number of likely N-dealkylation sites (N-methyl/N-ethyl adjacent to an activating group) is 1. The first kappa shape index (κ1) is 20.5. The van der Waals surface area contributed by atoms with Crippen LogP contribution in [0.2, 0.25) is 0 Å². The maximum absolute atomic E-state index is 12.5. The van der Waals surface area contributed by atoms with E-state index in [0.29, 0.717) is 12.2 Å². The van der Waals surface area contributed by atoms with Crippen LogP contribution in [-0.2, 0) is 14.8 Å². The highest BCUT2D eigenvalue weighted by molar-refractivity contribution is 7.92. The van der Waals surface area contributed by atoms with E-state index in [1.54, 1.807) is 11.9 Å². The number of hydrogen-bond acceptors (Lipinski definition) is 3. The van der Waals surface area contributed by atoms with Gasteiger partial charge in [-0.1, -0.05) is 45.4 Å². The van der Waals surface area contributed by atoms with Gasteiger partial charge >= 0.3 is 0 Å². The molecule has 0 N–H and O–H groups in total. The molecule has 0 aliphatic rings. The van der Waals surface area contributed by atoms with Gasteiger partial charge in [-0.15, -0.1) is 0 Å². The molecule has 0 bridgehead atoms. The van der Waals surface area contributed by atoms with Gasteiger partial charge in [0.25, 0.3) is 0 Å². The molecule has 24 heavy (non-hydrogen) atoms. The highest BCUT2D eigenvalue weighted by atomic mass is 32.2. The number of unbranched alkanes of at least 4 members (excludes halogenated alkanes) is 1. The number of amides is 1. The number of carbonyl (C=O) groups excluding carboxylic acids is 1. The van der Waals surface area contributed by atoms with Crippen LogP contribution in [-0.4, -0.2) is 45.6 Å². The Morgan fingerprint density at radius 2 is 1.88 bits per heavy atom. The van der Waals surface area contributed by atoms with Gasteiger partial charge in [-0.2, -0.15) is 0 Å². The third-order valence-electron chi connectivity index (χ3n) is 4.09. The van der Waals surface area contributed by atoms with Gasteiger partial charge in [0, 0.05) is 13.6 Å². The first-order valence-electron chi connectivity index (χ1n) is 8.40. The number of para-hydroxylation sites is 1. The average Bonchev–Trinajstić information content (AvgIpc) is 2.48. The summed E-state index contributed by atoms with van der Waals surface area (Å²) in [6.07, 6.45) is 3.05. The van der Waals surface area contributed by atoms with Crippen molar-refractivity contribution in [2.75, 3.05) is 30.7 Å². The lowest BCUT2D eigenvalue weighted by Crippen LogP contribution is -2.42. The van der Waals surface area contributed by atoms with Crippen molar-refractivity contribution >= 4 is 21.6 Å². The summed E-state index contributed by atoms with van der Waals surface area (Å²) in [6, 6.07) is 5.73. The van der Waals surface area contributed by atoms with E-state index < -0.39 is 10.0 Å². The second-order valence-corrected chi connectivity index (χ2v) is 8.51. The Bertz CT molecular complexity index is 669. The smallest absolute Gasteiger partial charge is 0.243 e. The maximum Gasteiger partial charge on any atom is 0.243 e. The zero-order valence-corrected chi connectivity index (χ0v) is 16.5. The van der Waals surface area contributed by atoms with Gasteiger partial charge in [-0.05, 0) is 30.4 Å². The van der Waals surface area contributed by atoms with Crippen molar-refractivity contribution in [2.45, 2.75) is 46.5 Å². The van der Waals surface area contributed by atoms with Crippen LogP contribution in [0.4, 0.5) is 5.69 Å². The quantitative estimate of drug-likeness (QED) is 0.720. The van der Waals surface area contributed by atoms with Crippen LogP contribution in [0.3, 0.4) is 0 Å². The normalized spacial score (nSPS) is 11.6. The van der Waals surface area contributed by atoms with Crippen LogP contribution in [0, 0.1) is 6.92 Å². The molecule has 0 saturated heterocycles. The highest BCUT2D eigenvalue weighted by Gasteiger charge is 2.26. The van der Waals surface area contributed by atoms with Crippen LogP contribution in [0.5, 0.6) is 0 Å². The standard InChI is InChI=1S/C18H30N2O3S/c1-7-8-12-19(5)17(21)13-20(24(6,22)23)18-15(4)10-9-11-16(18)14(2)3/h9-11,14H,7-8,12-13H2,1-6H3. The monoisotopic (exact) mass is 354 g/mol. The van der Waals surface area contributed by atoms with Gasteiger partial charge < -0.3 is 4.90 Å². The Balaban J connectivity index is 3.24. The summed E-state index contributed by atoms with van der Waals surface area (Å²) in [4.78, 5) is 14.1. The second kappa shape index (κ2) is 8.51. The van der Waals surface area contributed by atoms with Crippen LogP contribution < -0.4 is 4.31 Å².